The monoisotopic (exact) mass is 1210 g/mol. The number of ether oxygens (including phenoxy) is 11. The quantitative estimate of drug-likeness (QED) is 0.0480. The maximum absolute atomic E-state index is 13.5. The molecular weight excluding hydrogens is 1120 g/mol. The molecule has 5 rings (SSSR count). The molecule has 2 aromatic carbocycles. The number of anilines is 1. The number of hydrogen-bond acceptors (Lipinski definition) is 18. The number of nitrogens with zero attached hydrogens (tertiary/aromatic N) is 3. The molecule has 0 saturated carbocycles. The van der Waals surface area contributed by atoms with Gasteiger partial charge in [0, 0.05) is 70.7 Å². The van der Waals surface area contributed by atoms with Gasteiger partial charge < -0.3 is 77.9 Å². The number of nitrogens with one attached hydrogen (secondary N) is 3. The lowest BCUT2D eigenvalue weighted by Crippen LogP contribution is -2.37. The molecule has 7 amide bonds. The third kappa shape index (κ3) is 30.8. The molecule has 0 fully saturated rings. The first-order valence-electron chi connectivity index (χ1n) is 30.0. The van der Waals surface area contributed by atoms with E-state index in [1.54, 1.807) is 9.80 Å². The van der Waals surface area contributed by atoms with Gasteiger partial charge in [0.2, 0.25) is 23.6 Å². The minimum absolute atomic E-state index is 0.0164. The highest BCUT2D eigenvalue weighted by Crippen LogP contribution is 2.29. The molecule has 1 atom stereocenters. The van der Waals surface area contributed by atoms with E-state index in [9.17, 15) is 33.6 Å². The molecule has 0 radical (unpaired) electrons. The molecule has 3 aliphatic rings. The molecule has 1 aliphatic carbocycles. The Hall–Kier alpha value is -6.45. The lowest BCUT2D eigenvalue weighted by Gasteiger charge is -2.27. The molecule has 2 heterocycles. The average Bonchev–Trinajstić information content (AvgIpc) is 1.78. The summed E-state index contributed by atoms with van der Waals surface area (Å²) >= 11 is 0. The van der Waals surface area contributed by atoms with Crippen LogP contribution in [0.1, 0.15) is 74.5 Å². The standard InChI is InChI=1S/C62H90N6O18/c69-56(18-19-61(74)68-50-53-12-7-6-10-51(53)16-17-52-11-8-9-15-55(52)68)63-24-31-77-37-43-83-46-40-80-34-28-66(29-35-81-41-47-84-45-39-79-33-26-65-62(75)86-54-13-4-2-1-3-5-14-54)58(71)23-30-76-36-42-82-48-49-85-44-38-78-32-25-64-57(70)22-27-67-59(72)20-21-60(67)73/h1-2,6-12,15-17,20-21,54H,3-5,13-14,18-19,22-50H2,(H,63,69)(H,64,70)(H,65,75)/b2-1+,17-16-/t54-/m0/s1. The third-order valence-corrected chi connectivity index (χ3v) is 13.5. The van der Waals surface area contributed by atoms with Crippen LogP contribution in [0, 0.1) is 0 Å². The Balaban J connectivity index is 0.860. The fourth-order valence-electron chi connectivity index (χ4n) is 8.83. The maximum atomic E-state index is 13.5. The van der Waals surface area contributed by atoms with Crippen LogP contribution in [0.4, 0.5) is 10.5 Å². The van der Waals surface area contributed by atoms with Gasteiger partial charge in [-0.1, -0.05) is 66.8 Å². The van der Waals surface area contributed by atoms with E-state index in [-0.39, 0.29) is 102 Å². The number of alkyl carbamates (subject to hydrolysis) is 1. The molecule has 3 N–H and O–H groups in total. The smallest absolute Gasteiger partial charge is 0.407 e. The molecule has 2 aliphatic heterocycles. The first kappa shape index (κ1) is 70.3. The SMILES string of the molecule is O=C(CCC(=O)N1Cc2ccccc2/C=C\c2ccccc21)NCCOCCOCCOCCN(CCOCCOCCOCCNC(=O)O[C@H]1CC/C=C/CCC1)C(=O)CCOCCOCCOCCOCCNC(=O)CCN1C(=O)C=CC1=O. The van der Waals surface area contributed by atoms with Crippen molar-refractivity contribution in [2.75, 3.05) is 176 Å². The molecule has 476 valence electrons. The summed E-state index contributed by atoms with van der Waals surface area (Å²) in [6.07, 6.45) is 15.2. The van der Waals surface area contributed by atoms with Crippen molar-refractivity contribution in [2.45, 2.75) is 70.4 Å². The van der Waals surface area contributed by atoms with E-state index in [1.165, 1.54) is 12.2 Å². The Morgan fingerprint density at radius 3 is 1.55 bits per heavy atom. The number of allylic oxidation sites excluding steroid dienone is 2. The summed E-state index contributed by atoms with van der Waals surface area (Å²) in [5, 5.41) is 8.25. The fourth-order valence-corrected chi connectivity index (χ4v) is 8.83. The maximum Gasteiger partial charge on any atom is 0.407 e. The van der Waals surface area contributed by atoms with Crippen molar-refractivity contribution in [2.24, 2.45) is 0 Å². The second kappa shape index (κ2) is 44.9. The summed E-state index contributed by atoms with van der Waals surface area (Å²) in [4.78, 5) is 91.2. The number of fused-ring (bicyclic) bond motifs is 2. The summed E-state index contributed by atoms with van der Waals surface area (Å²) in [5.74, 6) is -1.60. The van der Waals surface area contributed by atoms with Crippen LogP contribution in [0.25, 0.3) is 12.2 Å². The van der Waals surface area contributed by atoms with Crippen LogP contribution < -0.4 is 20.9 Å². The van der Waals surface area contributed by atoms with Crippen molar-refractivity contribution < 1.29 is 85.7 Å². The van der Waals surface area contributed by atoms with Crippen molar-refractivity contribution in [1.29, 1.82) is 0 Å². The van der Waals surface area contributed by atoms with E-state index in [2.05, 4.69) is 34.2 Å². The largest absolute Gasteiger partial charge is 0.446 e. The highest BCUT2D eigenvalue weighted by molar-refractivity contribution is 6.13. The molecule has 0 unspecified atom stereocenters. The van der Waals surface area contributed by atoms with E-state index in [1.807, 2.05) is 54.6 Å². The van der Waals surface area contributed by atoms with Crippen molar-refractivity contribution in [3.05, 3.63) is 89.5 Å². The lowest BCUT2D eigenvalue weighted by atomic mass is 10.0. The number of carbonyl (C=O) groups is 7. The summed E-state index contributed by atoms with van der Waals surface area (Å²) in [7, 11) is 0. The Kier molecular flexibility index (Phi) is 36.7. The van der Waals surface area contributed by atoms with Crippen molar-refractivity contribution in [1.82, 2.24) is 25.8 Å². The predicted octanol–water partition coefficient (Wildman–Crippen LogP) is 4.03. The summed E-state index contributed by atoms with van der Waals surface area (Å²) in [5.41, 5.74) is 3.84. The minimum Gasteiger partial charge on any atom is -0.446 e. The van der Waals surface area contributed by atoms with E-state index < -0.39 is 17.9 Å². The highest BCUT2D eigenvalue weighted by Gasteiger charge is 2.24. The molecular formula is C62H90N6O18. The molecule has 0 saturated heterocycles. The number of hydrogen-bond donors (Lipinski definition) is 3. The molecule has 24 heteroatoms. The van der Waals surface area contributed by atoms with Gasteiger partial charge in [0.1, 0.15) is 6.10 Å². The fraction of sp³-hybridized carbons (Fsp3) is 0.597. The van der Waals surface area contributed by atoms with Crippen LogP contribution in [-0.4, -0.2) is 229 Å². The van der Waals surface area contributed by atoms with Gasteiger partial charge in [0.05, 0.1) is 151 Å². The van der Waals surface area contributed by atoms with E-state index in [0.29, 0.717) is 132 Å². The van der Waals surface area contributed by atoms with E-state index in [4.69, 9.17) is 52.1 Å². The van der Waals surface area contributed by atoms with E-state index in [0.717, 1.165) is 59.4 Å². The van der Waals surface area contributed by atoms with Gasteiger partial charge in [-0.05, 0) is 54.9 Å². The Morgan fingerprint density at radius 1 is 0.477 bits per heavy atom. The minimum atomic E-state index is -0.424. The van der Waals surface area contributed by atoms with Gasteiger partial charge in [-0.15, -0.1) is 0 Å². The van der Waals surface area contributed by atoms with Crippen molar-refractivity contribution in [3.8, 4) is 0 Å². The normalized spacial score (nSPS) is 15.4. The number of amides is 7. The van der Waals surface area contributed by atoms with E-state index >= 15 is 0 Å². The van der Waals surface area contributed by atoms with Gasteiger partial charge in [-0.2, -0.15) is 0 Å². The Bertz CT molecular complexity index is 2390. The third-order valence-electron chi connectivity index (χ3n) is 13.5. The summed E-state index contributed by atoms with van der Waals surface area (Å²) < 4.78 is 61.8. The zero-order valence-electron chi connectivity index (χ0n) is 49.8. The van der Waals surface area contributed by atoms with Gasteiger partial charge in [-0.3, -0.25) is 33.7 Å². The second-order valence-corrected chi connectivity index (χ2v) is 19.9. The number of para-hydroxylation sites is 1. The van der Waals surface area contributed by atoms with Crippen LogP contribution >= 0.6 is 0 Å². The number of imide groups is 1. The Labute approximate surface area is 505 Å². The highest BCUT2D eigenvalue weighted by atomic mass is 16.6. The van der Waals surface area contributed by atoms with Crippen LogP contribution in [-0.2, 0) is 87.4 Å². The zero-order valence-corrected chi connectivity index (χ0v) is 49.8. The van der Waals surface area contributed by atoms with Crippen molar-refractivity contribution in [3.63, 3.8) is 0 Å². The van der Waals surface area contributed by atoms with Crippen LogP contribution in [0.2, 0.25) is 0 Å². The van der Waals surface area contributed by atoms with Gasteiger partial charge in [0.25, 0.3) is 11.8 Å². The molecule has 2 aromatic rings. The van der Waals surface area contributed by atoms with Gasteiger partial charge in [-0.25, -0.2) is 4.79 Å². The lowest BCUT2D eigenvalue weighted by molar-refractivity contribution is -0.137. The Morgan fingerprint density at radius 2 is 0.953 bits per heavy atom. The number of carbonyl (C=O) groups excluding carboxylic acids is 7. The molecule has 0 aromatic heterocycles. The van der Waals surface area contributed by atoms with Gasteiger partial charge in [0.15, 0.2) is 0 Å². The van der Waals surface area contributed by atoms with Crippen LogP contribution in [0.5, 0.6) is 0 Å². The first-order valence-corrected chi connectivity index (χ1v) is 30.0. The van der Waals surface area contributed by atoms with Crippen LogP contribution in [0.15, 0.2) is 72.8 Å². The molecule has 0 bridgehead atoms. The molecule has 24 nitrogen and oxygen atoms in total. The molecule has 0 spiro atoms. The topological polar surface area (TPSA) is 267 Å². The average molecular weight is 1210 g/mol. The van der Waals surface area contributed by atoms with Crippen LogP contribution in [0.3, 0.4) is 0 Å². The second-order valence-electron chi connectivity index (χ2n) is 19.9. The predicted molar refractivity (Wildman–Crippen MR) is 319 cm³/mol. The zero-order chi connectivity index (χ0) is 60.9. The summed E-state index contributed by atoms with van der Waals surface area (Å²) in [6.45, 7) is 8.31. The summed E-state index contributed by atoms with van der Waals surface area (Å²) in [6, 6.07) is 15.7. The van der Waals surface area contributed by atoms with Gasteiger partial charge >= 0.3 is 6.09 Å². The number of benzene rings is 2. The van der Waals surface area contributed by atoms with Crippen molar-refractivity contribution >= 4 is 59.4 Å². The first-order chi connectivity index (χ1) is 42.2. The number of rotatable bonds is 46. The molecule has 86 heavy (non-hydrogen) atoms.